The molecule has 0 aliphatic carbocycles. The predicted octanol–water partition coefficient (Wildman–Crippen LogP) is 5.14. The zero-order valence-corrected chi connectivity index (χ0v) is 14.9. The first-order chi connectivity index (χ1) is 13.9. The summed E-state index contributed by atoms with van der Waals surface area (Å²) in [6.07, 6.45) is -4.33. The average molecular weight is 400 g/mol. The van der Waals surface area contributed by atoms with E-state index in [1.807, 2.05) is 6.07 Å². The van der Waals surface area contributed by atoms with Crippen molar-refractivity contribution >= 4 is 11.0 Å². The zero-order chi connectivity index (χ0) is 20.4. The Labute approximate surface area is 162 Å². The molecule has 1 heterocycles. The average Bonchev–Trinajstić information content (AvgIpc) is 3.02. The van der Waals surface area contributed by atoms with Gasteiger partial charge in [-0.25, -0.2) is 4.79 Å². The van der Waals surface area contributed by atoms with Crippen molar-refractivity contribution in [2.45, 2.75) is 12.8 Å². The summed E-state index contributed by atoms with van der Waals surface area (Å²) in [5.74, 6) is 0.767. The second-order valence-electron chi connectivity index (χ2n) is 6.38. The van der Waals surface area contributed by atoms with Crippen LogP contribution in [0, 0.1) is 0 Å². The number of para-hydroxylation sites is 1. The monoisotopic (exact) mass is 400 g/mol. The fourth-order valence-electron chi connectivity index (χ4n) is 3.05. The third-order valence-electron chi connectivity index (χ3n) is 4.18. The van der Waals surface area contributed by atoms with Crippen molar-refractivity contribution in [3.63, 3.8) is 0 Å². The van der Waals surface area contributed by atoms with E-state index in [-0.39, 0.29) is 11.4 Å². The molecule has 0 atom stereocenters. The SMILES string of the molecule is O=c1[nH]c2cccc(Oc3cccc(Cc4cccc(OC(F)(F)F)c4)c3)c2[nH]1. The van der Waals surface area contributed by atoms with Crippen molar-refractivity contribution in [2.24, 2.45) is 0 Å². The molecule has 0 aliphatic rings. The summed E-state index contributed by atoms with van der Waals surface area (Å²) in [7, 11) is 0. The maximum absolute atomic E-state index is 12.4. The molecule has 0 fully saturated rings. The minimum Gasteiger partial charge on any atom is -0.455 e. The molecule has 0 bridgehead atoms. The second-order valence-corrected chi connectivity index (χ2v) is 6.38. The second kappa shape index (κ2) is 7.38. The van der Waals surface area contributed by atoms with Crippen LogP contribution in [0.15, 0.2) is 71.5 Å². The molecule has 0 saturated carbocycles. The first-order valence-electron chi connectivity index (χ1n) is 8.68. The van der Waals surface area contributed by atoms with Gasteiger partial charge in [-0.2, -0.15) is 0 Å². The van der Waals surface area contributed by atoms with Crippen molar-refractivity contribution < 1.29 is 22.6 Å². The first-order valence-corrected chi connectivity index (χ1v) is 8.68. The van der Waals surface area contributed by atoms with Crippen LogP contribution < -0.4 is 15.2 Å². The summed E-state index contributed by atoms with van der Waals surface area (Å²) in [5, 5.41) is 0. The highest BCUT2D eigenvalue weighted by Gasteiger charge is 2.31. The van der Waals surface area contributed by atoms with Gasteiger partial charge in [0.2, 0.25) is 0 Å². The van der Waals surface area contributed by atoms with Crippen LogP contribution in [0.25, 0.3) is 11.0 Å². The maximum Gasteiger partial charge on any atom is 0.573 e. The minimum absolute atomic E-state index is 0.259. The molecule has 0 amide bonds. The topological polar surface area (TPSA) is 67.1 Å². The van der Waals surface area contributed by atoms with Gasteiger partial charge in [-0.05, 0) is 53.9 Å². The molecule has 8 heteroatoms. The fourth-order valence-corrected chi connectivity index (χ4v) is 3.05. The van der Waals surface area contributed by atoms with Crippen LogP contribution >= 0.6 is 0 Å². The van der Waals surface area contributed by atoms with E-state index in [0.29, 0.717) is 34.5 Å². The van der Waals surface area contributed by atoms with Crippen molar-refractivity contribution in [1.82, 2.24) is 9.97 Å². The number of fused-ring (bicyclic) bond motifs is 1. The van der Waals surface area contributed by atoms with Crippen LogP contribution in [0.4, 0.5) is 13.2 Å². The lowest BCUT2D eigenvalue weighted by molar-refractivity contribution is -0.274. The van der Waals surface area contributed by atoms with Gasteiger partial charge >= 0.3 is 12.1 Å². The summed E-state index contributed by atoms with van der Waals surface area (Å²) < 4.78 is 47.1. The number of alkyl halides is 3. The van der Waals surface area contributed by atoms with E-state index in [1.165, 1.54) is 18.2 Å². The zero-order valence-electron chi connectivity index (χ0n) is 14.9. The summed E-state index contributed by atoms with van der Waals surface area (Å²) >= 11 is 0. The third-order valence-corrected chi connectivity index (χ3v) is 4.18. The Hall–Kier alpha value is -3.68. The number of halogens is 3. The molecule has 0 saturated heterocycles. The van der Waals surface area contributed by atoms with Crippen LogP contribution in [0.5, 0.6) is 17.2 Å². The molecule has 2 N–H and O–H groups in total. The third kappa shape index (κ3) is 4.60. The fraction of sp³-hybridized carbons (Fsp3) is 0.0952. The van der Waals surface area contributed by atoms with Crippen molar-refractivity contribution in [1.29, 1.82) is 0 Å². The van der Waals surface area contributed by atoms with Crippen LogP contribution in [-0.2, 0) is 6.42 Å². The molecule has 0 aliphatic heterocycles. The summed E-state index contributed by atoms with van der Waals surface area (Å²) in [6, 6.07) is 18.3. The Morgan fingerprint density at radius 2 is 1.48 bits per heavy atom. The summed E-state index contributed by atoms with van der Waals surface area (Å²) in [4.78, 5) is 16.9. The standard InChI is InChI=1S/C21H15F3N2O3/c22-21(23,24)29-16-7-2-5-14(12-16)10-13-4-1-6-15(11-13)28-18-9-3-8-17-19(18)26-20(27)25-17/h1-9,11-12H,10H2,(H2,25,26,27). The van der Waals surface area contributed by atoms with Gasteiger partial charge in [0, 0.05) is 0 Å². The molecular formula is C21H15F3N2O3. The first kappa shape index (κ1) is 18.7. The van der Waals surface area contributed by atoms with E-state index in [2.05, 4.69) is 14.7 Å². The number of aromatic amines is 2. The van der Waals surface area contributed by atoms with Crippen LogP contribution in [-0.4, -0.2) is 16.3 Å². The Kier molecular flexibility index (Phi) is 4.75. The van der Waals surface area contributed by atoms with Gasteiger partial charge in [-0.3, -0.25) is 0 Å². The molecule has 148 valence electrons. The number of H-pyrrole nitrogens is 2. The molecule has 0 unspecified atom stereocenters. The number of imidazole rings is 1. The number of aromatic nitrogens is 2. The van der Waals surface area contributed by atoms with E-state index in [1.54, 1.807) is 42.5 Å². The quantitative estimate of drug-likeness (QED) is 0.488. The largest absolute Gasteiger partial charge is 0.573 e. The molecule has 29 heavy (non-hydrogen) atoms. The van der Waals surface area contributed by atoms with Gasteiger partial charge in [0.15, 0.2) is 5.75 Å². The number of hydrogen-bond donors (Lipinski definition) is 2. The van der Waals surface area contributed by atoms with Gasteiger partial charge in [0.1, 0.15) is 17.0 Å². The van der Waals surface area contributed by atoms with Crippen molar-refractivity contribution in [3.05, 3.63) is 88.3 Å². The van der Waals surface area contributed by atoms with Gasteiger partial charge in [-0.1, -0.05) is 30.3 Å². The number of nitrogens with one attached hydrogen (secondary N) is 2. The molecule has 5 nitrogen and oxygen atoms in total. The van der Waals surface area contributed by atoms with Crippen molar-refractivity contribution in [2.75, 3.05) is 0 Å². The smallest absolute Gasteiger partial charge is 0.455 e. The molecule has 0 spiro atoms. The number of rotatable bonds is 5. The Bertz CT molecular complexity index is 1210. The highest BCUT2D eigenvalue weighted by molar-refractivity contribution is 5.81. The summed E-state index contributed by atoms with van der Waals surface area (Å²) in [5.41, 5.74) is 2.37. The van der Waals surface area contributed by atoms with E-state index in [0.717, 1.165) is 5.56 Å². The lowest BCUT2D eigenvalue weighted by atomic mass is 10.0. The Morgan fingerprint density at radius 3 is 2.21 bits per heavy atom. The van der Waals surface area contributed by atoms with Gasteiger partial charge < -0.3 is 19.4 Å². The van der Waals surface area contributed by atoms with E-state index >= 15 is 0 Å². The number of ether oxygens (including phenoxy) is 2. The lowest BCUT2D eigenvalue weighted by Crippen LogP contribution is -2.17. The highest BCUT2D eigenvalue weighted by Crippen LogP contribution is 2.29. The predicted molar refractivity (Wildman–Crippen MR) is 101 cm³/mol. The maximum atomic E-state index is 12.4. The molecule has 1 aromatic heterocycles. The Balaban J connectivity index is 1.55. The molecule has 4 aromatic rings. The minimum atomic E-state index is -4.73. The van der Waals surface area contributed by atoms with Gasteiger partial charge in [0.25, 0.3) is 0 Å². The highest BCUT2D eigenvalue weighted by atomic mass is 19.4. The molecule has 3 aromatic carbocycles. The van der Waals surface area contributed by atoms with Crippen LogP contribution in [0.1, 0.15) is 11.1 Å². The van der Waals surface area contributed by atoms with E-state index in [4.69, 9.17) is 4.74 Å². The molecular weight excluding hydrogens is 385 g/mol. The lowest BCUT2D eigenvalue weighted by Gasteiger charge is -2.11. The van der Waals surface area contributed by atoms with Gasteiger partial charge in [0.05, 0.1) is 5.52 Å². The number of hydrogen-bond acceptors (Lipinski definition) is 3. The molecule has 0 radical (unpaired) electrons. The van der Waals surface area contributed by atoms with Crippen molar-refractivity contribution in [3.8, 4) is 17.2 Å². The van der Waals surface area contributed by atoms with E-state index < -0.39 is 6.36 Å². The number of benzene rings is 3. The van der Waals surface area contributed by atoms with E-state index in [9.17, 15) is 18.0 Å². The normalized spacial score (nSPS) is 11.6. The van der Waals surface area contributed by atoms with Gasteiger partial charge in [-0.15, -0.1) is 13.2 Å². The Morgan fingerprint density at radius 1 is 0.828 bits per heavy atom. The summed E-state index contributed by atoms with van der Waals surface area (Å²) in [6.45, 7) is 0. The van der Waals surface area contributed by atoms with Crippen LogP contribution in [0.3, 0.4) is 0 Å². The van der Waals surface area contributed by atoms with Crippen LogP contribution in [0.2, 0.25) is 0 Å². The molecule has 4 rings (SSSR count).